The van der Waals surface area contributed by atoms with Gasteiger partial charge in [0, 0.05) is 32.3 Å². The Bertz CT molecular complexity index is 788. The average Bonchev–Trinajstić information content (AvgIpc) is 2.64. The lowest BCUT2D eigenvalue weighted by Gasteiger charge is -2.16. The van der Waals surface area contributed by atoms with Crippen molar-refractivity contribution in [2.45, 2.75) is 33.1 Å². The molecule has 144 valence electrons. The number of guanidine groups is 1. The van der Waals surface area contributed by atoms with Gasteiger partial charge in [0.05, 0.1) is 0 Å². The molecule has 3 N–H and O–H groups in total. The Labute approximate surface area is 161 Å². The van der Waals surface area contributed by atoms with Gasteiger partial charge in [-0.2, -0.15) is 0 Å². The van der Waals surface area contributed by atoms with E-state index < -0.39 is 0 Å². The van der Waals surface area contributed by atoms with E-state index in [9.17, 15) is 4.79 Å². The van der Waals surface area contributed by atoms with Gasteiger partial charge in [-0.25, -0.2) is 4.98 Å². The van der Waals surface area contributed by atoms with Crippen LogP contribution in [0, 0.1) is 13.8 Å². The molecule has 0 aliphatic rings. The number of hydrogen-bond acceptors (Lipinski definition) is 3. The second-order valence-corrected chi connectivity index (χ2v) is 6.66. The molecule has 6 nitrogen and oxygen atoms in total. The average molecular weight is 367 g/mol. The first-order valence-corrected chi connectivity index (χ1v) is 9.22. The van der Waals surface area contributed by atoms with Gasteiger partial charge in [-0.15, -0.1) is 0 Å². The van der Waals surface area contributed by atoms with Crippen LogP contribution >= 0.6 is 0 Å². The number of amides is 1. The van der Waals surface area contributed by atoms with E-state index in [1.54, 1.807) is 13.1 Å². The van der Waals surface area contributed by atoms with Gasteiger partial charge in [0.2, 0.25) is 5.91 Å². The number of hydrogen-bond donors (Lipinski definition) is 3. The van der Waals surface area contributed by atoms with Crippen molar-refractivity contribution < 1.29 is 4.79 Å². The maximum atomic E-state index is 12.0. The first-order valence-electron chi connectivity index (χ1n) is 9.22. The molecule has 0 spiro atoms. The molecule has 27 heavy (non-hydrogen) atoms. The molecule has 1 amide bonds. The summed E-state index contributed by atoms with van der Waals surface area (Å²) >= 11 is 0. The molecule has 1 atom stereocenters. The van der Waals surface area contributed by atoms with Crippen LogP contribution in [-0.4, -0.2) is 37.0 Å². The van der Waals surface area contributed by atoms with E-state index in [0.717, 1.165) is 12.2 Å². The van der Waals surface area contributed by atoms with Crippen molar-refractivity contribution in [1.29, 1.82) is 0 Å². The van der Waals surface area contributed by atoms with Crippen molar-refractivity contribution in [3.63, 3.8) is 0 Å². The third-order valence-corrected chi connectivity index (χ3v) is 4.21. The summed E-state index contributed by atoms with van der Waals surface area (Å²) in [6.07, 6.45) is 0.337. The third-order valence-electron chi connectivity index (χ3n) is 4.21. The highest BCUT2D eigenvalue weighted by atomic mass is 16.1. The first kappa shape index (κ1) is 20.4. The van der Waals surface area contributed by atoms with Crippen LogP contribution in [0.5, 0.6) is 0 Å². The van der Waals surface area contributed by atoms with Crippen LogP contribution in [0.1, 0.15) is 36.1 Å². The summed E-state index contributed by atoms with van der Waals surface area (Å²) < 4.78 is 0. The van der Waals surface area contributed by atoms with Crippen LogP contribution < -0.4 is 16.0 Å². The molecule has 0 saturated carbocycles. The summed E-state index contributed by atoms with van der Waals surface area (Å²) in [5.41, 5.74) is 3.43. The number of aliphatic imine (C=N–C) groups is 1. The molecule has 1 aromatic carbocycles. The zero-order valence-electron chi connectivity index (χ0n) is 16.5. The number of nitrogens with zero attached hydrogens (tertiary/aromatic N) is 2. The number of pyridine rings is 1. The Hall–Kier alpha value is -2.89. The Morgan fingerprint density at radius 2 is 1.93 bits per heavy atom. The van der Waals surface area contributed by atoms with Crippen molar-refractivity contribution in [3.8, 4) is 0 Å². The molecule has 0 aliphatic heterocycles. The van der Waals surface area contributed by atoms with Gasteiger partial charge in [-0.3, -0.25) is 9.79 Å². The minimum Gasteiger partial charge on any atom is -0.356 e. The number of nitrogens with one attached hydrogen (secondary N) is 3. The van der Waals surface area contributed by atoms with Gasteiger partial charge in [0.1, 0.15) is 5.82 Å². The fourth-order valence-electron chi connectivity index (χ4n) is 2.68. The molecule has 1 aromatic heterocycles. The number of aromatic nitrogens is 1. The molecule has 0 radical (unpaired) electrons. The minimum absolute atomic E-state index is 0.0795. The molecular weight excluding hydrogens is 338 g/mol. The van der Waals surface area contributed by atoms with Crippen molar-refractivity contribution in [3.05, 3.63) is 59.3 Å². The van der Waals surface area contributed by atoms with Crippen LogP contribution in [0.4, 0.5) is 5.82 Å². The Morgan fingerprint density at radius 3 is 2.63 bits per heavy atom. The van der Waals surface area contributed by atoms with Gasteiger partial charge in [-0.05, 0) is 37.5 Å². The topological polar surface area (TPSA) is 78.4 Å². The zero-order valence-corrected chi connectivity index (χ0v) is 16.5. The predicted molar refractivity (Wildman–Crippen MR) is 111 cm³/mol. The van der Waals surface area contributed by atoms with E-state index in [0.29, 0.717) is 30.7 Å². The maximum Gasteiger partial charge on any atom is 0.227 e. The van der Waals surface area contributed by atoms with E-state index in [4.69, 9.17) is 0 Å². The van der Waals surface area contributed by atoms with Gasteiger partial charge in [-0.1, -0.05) is 42.8 Å². The number of aryl methyl sites for hydroxylation is 2. The second-order valence-electron chi connectivity index (χ2n) is 6.66. The highest BCUT2D eigenvalue weighted by Crippen LogP contribution is 2.15. The Balaban J connectivity index is 1.73. The standard InChI is InChI=1S/C21H29N5O/c1-15-7-5-9-18(13-15)16(2)14-24-21(22-4)23-12-11-20(27)26-19-10-6-8-17(3)25-19/h5-10,13,16H,11-12,14H2,1-4H3,(H2,22,23,24)(H,25,26,27). The molecule has 2 aromatic rings. The van der Waals surface area contributed by atoms with Crippen molar-refractivity contribution in [1.82, 2.24) is 15.6 Å². The van der Waals surface area contributed by atoms with Crippen LogP contribution in [0.15, 0.2) is 47.5 Å². The summed E-state index contributed by atoms with van der Waals surface area (Å²) in [5, 5.41) is 9.29. The fourth-order valence-corrected chi connectivity index (χ4v) is 2.68. The largest absolute Gasteiger partial charge is 0.356 e. The highest BCUT2D eigenvalue weighted by Gasteiger charge is 2.08. The summed E-state index contributed by atoms with van der Waals surface area (Å²) in [6, 6.07) is 14.1. The molecule has 1 unspecified atom stereocenters. The molecule has 6 heteroatoms. The van der Waals surface area contributed by atoms with Gasteiger partial charge in [0.15, 0.2) is 5.96 Å². The number of carbonyl (C=O) groups excluding carboxylic acids is 1. The lowest BCUT2D eigenvalue weighted by molar-refractivity contribution is -0.116. The highest BCUT2D eigenvalue weighted by molar-refractivity contribution is 5.90. The van der Waals surface area contributed by atoms with E-state index in [-0.39, 0.29) is 5.91 Å². The van der Waals surface area contributed by atoms with Crippen molar-refractivity contribution in [2.75, 3.05) is 25.5 Å². The van der Waals surface area contributed by atoms with E-state index in [1.807, 2.05) is 19.1 Å². The third kappa shape index (κ3) is 7.09. The summed E-state index contributed by atoms with van der Waals surface area (Å²) in [5.74, 6) is 1.55. The molecule has 0 aliphatic carbocycles. The smallest absolute Gasteiger partial charge is 0.227 e. The van der Waals surface area contributed by atoms with Gasteiger partial charge in [0.25, 0.3) is 0 Å². The maximum absolute atomic E-state index is 12.0. The van der Waals surface area contributed by atoms with E-state index in [1.165, 1.54) is 11.1 Å². The predicted octanol–water partition coefficient (Wildman–Crippen LogP) is 3.00. The van der Waals surface area contributed by atoms with Gasteiger partial charge < -0.3 is 16.0 Å². The molecule has 0 bridgehead atoms. The fraction of sp³-hybridized carbons (Fsp3) is 0.381. The van der Waals surface area contributed by atoms with Crippen LogP contribution in [0.25, 0.3) is 0 Å². The monoisotopic (exact) mass is 367 g/mol. The van der Waals surface area contributed by atoms with Gasteiger partial charge >= 0.3 is 0 Å². The summed E-state index contributed by atoms with van der Waals surface area (Å²) in [6.45, 7) is 7.43. The lowest BCUT2D eigenvalue weighted by atomic mass is 9.99. The number of carbonyl (C=O) groups is 1. The van der Waals surface area contributed by atoms with Crippen LogP contribution in [-0.2, 0) is 4.79 Å². The Kier molecular flexibility index (Phi) is 7.79. The Morgan fingerprint density at radius 1 is 1.15 bits per heavy atom. The summed E-state index contributed by atoms with van der Waals surface area (Å²) in [7, 11) is 1.73. The second kappa shape index (κ2) is 10.3. The van der Waals surface area contributed by atoms with E-state index >= 15 is 0 Å². The molecule has 0 fully saturated rings. The number of rotatable bonds is 7. The first-order chi connectivity index (χ1) is 13.0. The molecule has 0 saturated heterocycles. The lowest BCUT2D eigenvalue weighted by Crippen LogP contribution is -2.40. The van der Waals surface area contributed by atoms with Crippen LogP contribution in [0.3, 0.4) is 0 Å². The summed E-state index contributed by atoms with van der Waals surface area (Å²) in [4.78, 5) is 20.5. The normalized spacial score (nSPS) is 12.4. The van der Waals surface area contributed by atoms with Crippen LogP contribution in [0.2, 0.25) is 0 Å². The zero-order chi connectivity index (χ0) is 19.6. The van der Waals surface area contributed by atoms with E-state index in [2.05, 4.69) is 64.0 Å². The molecular formula is C21H29N5O. The number of anilines is 1. The van der Waals surface area contributed by atoms with Crippen molar-refractivity contribution >= 4 is 17.7 Å². The molecule has 2 rings (SSSR count). The van der Waals surface area contributed by atoms with Crippen molar-refractivity contribution in [2.24, 2.45) is 4.99 Å². The molecule has 1 heterocycles. The number of benzene rings is 1. The quantitative estimate of drug-likeness (QED) is 0.519. The SMILES string of the molecule is CN=C(NCCC(=O)Nc1cccc(C)n1)NCC(C)c1cccc(C)c1. The minimum atomic E-state index is -0.0795.